The maximum absolute atomic E-state index is 10.7. The third kappa shape index (κ3) is 5.24. The molecule has 0 radical (unpaired) electrons. The van der Waals surface area contributed by atoms with E-state index in [0.717, 1.165) is 12.2 Å². The van der Waals surface area contributed by atoms with Gasteiger partial charge in [-0.1, -0.05) is 13.8 Å². The summed E-state index contributed by atoms with van der Waals surface area (Å²) in [5, 5.41) is 0. The fraction of sp³-hybridized carbons (Fsp3) is 1.00. The van der Waals surface area contributed by atoms with Gasteiger partial charge in [-0.2, -0.15) is 0 Å². The van der Waals surface area contributed by atoms with Gasteiger partial charge < -0.3 is 0 Å². The molecular weight excluding hydrogens is 168 g/mol. The van der Waals surface area contributed by atoms with Crippen molar-refractivity contribution in [3.05, 3.63) is 0 Å². The molecule has 1 atom stereocenters. The fourth-order valence-corrected chi connectivity index (χ4v) is 1.46. The van der Waals surface area contributed by atoms with E-state index in [1.807, 2.05) is 0 Å². The topological polar surface area (TPSA) is 17.1 Å². The lowest BCUT2D eigenvalue weighted by Gasteiger charge is -2.19. The number of halogens is 1. The first-order chi connectivity index (χ1) is 4.48. The third-order valence-corrected chi connectivity index (χ3v) is 2.93. The van der Waals surface area contributed by atoms with Gasteiger partial charge in [-0.15, -0.1) is 11.6 Å². The van der Waals surface area contributed by atoms with Crippen LogP contribution in [0.5, 0.6) is 0 Å². The van der Waals surface area contributed by atoms with Crippen LogP contribution in [0.1, 0.15) is 20.3 Å². The summed E-state index contributed by atoms with van der Waals surface area (Å²) in [7, 11) is -0.672. The summed E-state index contributed by atoms with van der Waals surface area (Å²) in [6, 6.07) is 0. The molecule has 0 N–H and O–H groups in total. The third-order valence-electron chi connectivity index (χ3n) is 1.43. The standard InChI is InChI=1S/C7H15ClOS/c1-7(2,6-8)4-5-10(3)9/h4-6H2,1-3H3. The SMILES string of the molecule is CS(=O)CCC(C)(C)CCl. The normalized spacial score (nSPS) is 15.2. The average molecular weight is 183 g/mol. The van der Waals surface area contributed by atoms with E-state index in [1.165, 1.54) is 0 Å². The molecule has 0 amide bonds. The van der Waals surface area contributed by atoms with Crippen molar-refractivity contribution in [1.29, 1.82) is 0 Å². The number of alkyl halides is 1. The molecule has 0 aromatic carbocycles. The van der Waals surface area contributed by atoms with E-state index in [-0.39, 0.29) is 5.41 Å². The average Bonchev–Trinajstić information content (AvgIpc) is 1.85. The quantitative estimate of drug-likeness (QED) is 0.609. The van der Waals surface area contributed by atoms with E-state index in [4.69, 9.17) is 11.6 Å². The minimum atomic E-state index is -0.672. The van der Waals surface area contributed by atoms with Crippen molar-refractivity contribution in [2.24, 2.45) is 5.41 Å². The Morgan fingerprint density at radius 3 is 2.30 bits per heavy atom. The van der Waals surface area contributed by atoms with Crippen LogP contribution in [-0.4, -0.2) is 22.1 Å². The van der Waals surface area contributed by atoms with Crippen LogP contribution in [0.15, 0.2) is 0 Å². The maximum Gasteiger partial charge on any atom is 0.0275 e. The molecule has 0 aliphatic carbocycles. The molecule has 0 saturated carbocycles. The van der Waals surface area contributed by atoms with Gasteiger partial charge in [-0.3, -0.25) is 4.21 Å². The van der Waals surface area contributed by atoms with Crippen LogP contribution < -0.4 is 0 Å². The van der Waals surface area contributed by atoms with Crippen LogP contribution in [0, 0.1) is 5.41 Å². The predicted octanol–water partition coefficient (Wildman–Crippen LogP) is 2.02. The molecule has 0 aliphatic rings. The van der Waals surface area contributed by atoms with Crippen LogP contribution in [-0.2, 0) is 10.8 Å². The second-order valence-corrected chi connectivity index (χ2v) is 5.15. The summed E-state index contributed by atoms with van der Waals surface area (Å²) in [4.78, 5) is 0. The Hall–Kier alpha value is 0.440. The highest BCUT2D eigenvalue weighted by Crippen LogP contribution is 2.21. The van der Waals surface area contributed by atoms with Gasteiger partial charge in [0.1, 0.15) is 0 Å². The van der Waals surface area contributed by atoms with Gasteiger partial charge in [0.2, 0.25) is 0 Å². The molecular formula is C7H15ClOS. The summed E-state index contributed by atoms with van der Waals surface area (Å²) in [6.07, 6.45) is 2.67. The summed E-state index contributed by atoms with van der Waals surface area (Å²) in [6.45, 7) is 4.18. The molecule has 10 heavy (non-hydrogen) atoms. The minimum absolute atomic E-state index is 0.146. The molecule has 0 aromatic heterocycles. The molecule has 0 spiro atoms. The zero-order chi connectivity index (χ0) is 8.20. The van der Waals surface area contributed by atoms with Crippen LogP contribution >= 0.6 is 11.6 Å². The zero-order valence-electron chi connectivity index (χ0n) is 6.82. The first kappa shape index (κ1) is 10.4. The number of hydrogen-bond donors (Lipinski definition) is 0. The highest BCUT2D eigenvalue weighted by atomic mass is 35.5. The fourth-order valence-electron chi connectivity index (χ4n) is 0.487. The van der Waals surface area contributed by atoms with Crippen LogP contribution in [0.25, 0.3) is 0 Å². The van der Waals surface area contributed by atoms with Crippen molar-refractivity contribution < 1.29 is 4.21 Å². The van der Waals surface area contributed by atoms with Gasteiger partial charge in [0, 0.05) is 28.7 Å². The van der Waals surface area contributed by atoms with Crippen LogP contribution in [0.3, 0.4) is 0 Å². The van der Waals surface area contributed by atoms with E-state index in [0.29, 0.717) is 5.88 Å². The molecule has 0 aromatic rings. The van der Waals surface area contributed by atoms with Gasteiger partial charge >= 0.3 is 0 Å². The number of rotatable bonds is 4. The highest BCUT2D eigenvalue weighted by Gasteiger charge is 2.15. The van der Waals surface area contributed by atoms with Crippen LogP contribution in [0.2, 0.25) is 0 Å². The Kier molecular flexibility index (Phi) is 4.54. The van der Waals surface area contributed by atoms with E-state index in [1.54, 1.807) is 6.26 Å². The second kappa shape index (κ2) is 4.35. The maximum atomic E-state index is 10.7. The molecule has 0 fully saturated rings. The van der Waals surface area contributed by atoms with Crippen molar-refractivity contribution >= 4 is 22.4 Å². The molecule has 0 aliphatic heterocycles. The lowest BCUT2D eigenvalue weighted by molar-refractivity contribution is 0.407. The van der Waals surface area contributed by atoms with Gasteiger partial charge in [0.15, 0.2) is 0 Å². The molecule has 0 heterocycles. The Labute approximate surface area is 70.6 Å². The largest absolute Gasteiger partial charge is 0.260 e. The van der Waals surface area contributed by atoms with Crippen molar-refractivity contribution in [3.8, 4) is 0 Å². The summed E-state index contributed by atoms with van der Waals surface area (Å²) in [5.74, 6) is 1.41. The Morgan fingerprint density at radius 1 is 1.50 bits per heavy atom. The molecule has 0 rings (SSSR count). The molecule has 0 bridgehead atoms. The summed E-state index contributed by atoms with van der Waals surface area (Å²) < 4.78 is 10.7. The van der Waals surface area contributed by atoms with Crippen molar-refractivity contribution in [2.45, 2.75) is 20.3 Å². The van der Waals surface area contributed by atoms with Crippen molar-refractivity contribution in [3.63, 3.8) is 0 Å². The first-order valence-electron chi connectivity index (χ1n) is 3.34. The molecule has 3 heteroatoms. The van der Waals surface area contributed by atoms with Gasteiger partial charge in [-0.05, 0) is 11.8 Å². The summed E-state index contributed by atoms with van der Waals surface area (Å²) >= 11 is 5.68. The predicted molar refractivity (Wildman–Crippen MR) is 48.1 cm³/mol. The molecule has 1 unspecified atom stereocenters. The van der Waals surface area contributed by atoms with Gasteiger partial charge in [0.05, 0.1) is 0 Å². The van der Waals surface area contributed by atoms with E-state index >= 15 is 0 Å². The first-order valence-corrected chi connectivity index (χ1v) is 5.60. The molecule has 0 saturated heterocycles. The Morgan fingerprint density at radius 2 is 2.00 bits per heavy atom. The van der Waals surface area contributed by atoms with E-state index in [2.05, 4.69) is 13.8 Å². The van der Waals surface area contributed by atoms with E-state index < -0.39 is 10.8 Å². The zero-order valence-corrected chi connectivity index (χ0v) is 8.39. The second-order valence-electron chi connectivity index (χ2n) is 3.33. The lowest BCUT2D eigenvalue weighted by Crippen LogP contribution is -2.16. The highest BCUT2D eigenvalue weighted by molar-refractivity contribution is 7.84. The molecule has 1 nitrogen and oxygen atoms in total. The lowest BCUT2D eigenvalue weighted by atomic mass is 9.93. The summed E-state index contributed by atoms with van der Waals surface area (Å²) in [5.41, 5.74) is 0.146. The van der Waals surface area contributed by atoms with Gasteiger partial charge in [0.25, 0.3) is 0 Å². The Bertz CT molecular complexity index is 123. The van der Waals surface area contributed by atoms with Crippen molar-refractivity contribution in [2.75, 3.05) is 17.9 Å². The van der Waals surface area contributed by atoms with Crippen LogP contribution in [0.4, 0.5) is 0 Å². The van der Waals surface area contributed by atoms with Gasteiger partial charge in [-0.25, -0.2) is 0 Å². The van der Waals surface area contributed by atoms with E-state index in [9.17, 15) is 4.21 Å². The Balaban J connectivity index is 3.56. The van der Waals surface area contributed by atoms with Crippen molar-refractivity contribution in [1.82, 2.24) is 0 Å². The number of hydrogen-bond acceptors (Lipinski definition) is 1. The molecule has 62 valence electrons. The smallest absolute Gasteiger partial charge is 0.0275 e. The monoisotopic (exact) mass is 182 g/mol. The minimum Gasteiger partial charge on any atom is -0.260 e.